The van der Waals surface area contributed by atoms with Crippen LogP contribution in [0, 0.1) is 5.92 Å². The smallest absolute Gasteiger partial charge is 0.0934 e. The minimum Gasteiger partial charge on any atom is -0.307 e. The van der Waals surface area contributed by atoms with E-state index < -0.39 is 0 Å². The molecular weight excluding hydrogens is 262 g/mol. The van der Waals surface area contributed by atoms with Crippen molar-refractivity contribution in [3.8, 4) is 0 Å². The summed E-state index contributed by atoms with van der Waals surface area (Å²) in [5.41, 5.74) is 1.49. The largest absolute Gasteiger partial charge is 0.307 e. The van der Waals surface area contributed by atoms with Gasteiger partial charge in [0.25, 0.3) is 0 Å². The third-order valence-electron chi connectivity index (χ3n) is 4.65. The quantitative estimate of drug-likeness (QED) is 0.828. The van der Waals surface area contributed by atoms with E-state index in [4.69, 9.17) is 11.6 Å². The fraction of sp³-hybridized carbons (Fsp3) is 0.733. The molecule has 1 saturated carbocycles. The summed E-state index contributed by atoms with van der Waals surface area (Å²) in [6.07, 6.45) is 9.49. The third kappa shape index (κ3) is 2.61. The maximum absolute atomic E-state index is 6.17. The van der Waals surface area contributed by atoms with Gasteiger partial charge in [0.05, 0.1) is 4.34 Å². The molecule has 0 aliphatic heterocycles. The van der Waals surface area contributed by atoms with Crippen molar-refractivity contribution >= 4 is 22.9 Å². The minimum absolute atomic E-state index is 0.549. The van der Waals surface area contributed by atoms with Gasteiger partial charge < -0.3 is 5.32 Å². The first-order valence-corrected chi connectivity index (χ1v) is 8.47. The van der Waals surface area contributed by atoms with Gasteiger partial charge in [-0.15, -0.1) is 11.3 Å². The highest BCUT2D eigenvalue weighted by molar-refractivity contribution is 7.16. The molecule has 3 heteroatoms. The van der Waals surface area contributed by atoms with Crippen molar-refractivity contribution in [3.05, 3.63) is 20.8 Å². The van der Waals surface area contributed by atoms with Crippen LogP contribution in [0.4, 0.5) is 0 Å². The zero-order valence-electron chi connectivity index (χ0n) is 11.0. The molecule has 1 aromatic rings. The first-order valence-electron chi connectivity index (χ1n) is 7.28. The summed E-state index contributed by atoms with van der Waals surface area (Å²) < 4.78 is 0.960. The van der Waals surface area contributed by atoms with Crippen LogP contribution in [0.25, 0.3) is 0 Å². The van der Waals surface area contributed by atoms with Crippen molar-refractivity contribution < 1.29 is 0 Å². The van der Waals surface area contributed by atoms with Crippen molar-refractivity contribution in [2.45, 2.75) is 64.0 Å². The second-order valence-electron chi connectivity index (χ2n) is 5.87. The predicted molar refractivity (Wildman–Crippen MR) is 79.6 cm³/mol. The van der Waals surface area contributed by atoms with Crippen LogP contribution in [0.3, 0.4) is 0 Å². The summed E-state index contributed by atoms with van der Waals surface area (Å²) in [6.45, 7) is 2.37. The van der Waals surface area contributed by atoms with Gasteiger partial charge in [0.1, 0.15) is 0 Å². The van der Waals surface area contributed by atoms with E-state index in [9.17, 15) is 0 Å². The van der Waals surface area contributed by atoms with Gasteiger partial charge in [0, 0.05) is 17.0 Å². The van der Waals surface area contributed by atoms with Gasteiger partial charge in [0.15, 0.2) is 0 Å². The normalized spacial score (nSPS) is 26.2. The Hall–Kier alpha value is -0.0500. The zero-order valence-corrected chi connectivity index (χ0v) is 12.6. The average molecular weight is 284 g/mol. The molecule has 100 valence electrons. The van der Waals surface area contributed by atoms with E-state index in [2.05, 4.69) is 18.3 Å². The van der Waals surface area contributed by atoms with Crippen LogP contribution in [0.15, 0.2) is 6.07 Å². The summed E-state index contributed by atoms with van der Waals surface area (Å²) in [6, 6.07) is 3.40. The molecule has 0 bridgehead atoms. The molecule has 1 unspecified atom stereocenters. The average Bonchev–Trinajstić information content (AvgIpc) is 2.96. The highest BCUT2D eigenvalue weighted by atomic mass is 35.5. The Morgan fingerprint density at radius 2 is 2.06 bits per heavy atom. The Morgan fingerprint density at radius 3 is 2.83 bits per heavy atom. The summed E-state index contributed by atoms with van der Waals surface area (Å²) >= 11 is 7.95. The lowest BCUT2D eigenvalue weighted by Gasteiger charge is -2.30. The Balaban J connectivity index is 1.69. The van der Waals surface area contributed by atoms with Crippen LogP contribution < -0.4 is 5.32 Å². The van der Waals surface area contributed by atoms with Crippen molar-refractivity contribution in [1.82, 2.24) is 5.32 Å². The van der Waals surface area contributed by atoms with Crippen LogP contribution in [0.5, 0.6) is 0 Å². The molecule has 1 N–H and O–H groups in total. The molecular formula is C15H22ClNS. The number of rotatable bonds is 3. The Kier molecular flexibility index (Phi) is 3.97. The van der Waals surface area contributed by atoms with Crippen molar-refractivity contribution in [2.24, 2.45) is 5.92 Å². The van der Waals surface area contributed by atoms with Gasteiger partial charge in [-0.1, -0.05) is 24.4 Å². The summed E-state index contributed by atoms with van der Waals surface area (Å²) in [5.74, 6) is 0.893. The van der Waals surface area contributed by atoms with Crippen LogP contribution in [0.2, 0.25) is 4.34 Å². The van der Waals surface area contributed by atoms with Gasteiger partial charge in [0.2, 0.25) is 0 Å². The molecule has 2 aliphatic rings. The fourth-order valence-electron chi connectivity index (χ4n) is 3.61. The van der Waals surface area contributed by atoms with Crippen molar-refractivity contribution in [3.63, 3.8) is 0 Å². The number of aryl methyl sites for hydroxylation is 1. The molecule has 3 rings (SSSR count). The molecule has 2 atom stereocenters. The lowest BCUT2D eigenvalue weighted by molar-refractivity contribution is 0.325. The van der Waals surface area contributed by atoms with Crippen LogP contribution in [-0.4, -0.2) is 6.04 Å². The number of halogens is 1. The molecule has 0 spiro atoms. The van der Waals surface area contributed by atoms with Crippen LogP contribution in [-0.2, 0) is 6.42 Å². The number of nitrogens with one attached hydrogen (secondary N) is 1. The lowest BCUT2D eigenvalue weighted by atomic mass is 9.91. The molecule has 0 radical (unpaired) electrons. The maximum atomic E-state index is 6.17. The SMILES string of the molecule is C[C@@H](NC1CCCc2sc(Cl)cc21)C1CCCC1. The van der Waals surface area contributed by atoms with Gasteiger partial charge in [-0.25, -0.2) is 0 Å². The van der Waals surface area contributed by atoms with Crippen molar-refractivity contribution in [1.29, 1.82) is 0 Å². The van der Waals surface area contributed by atoms with E-state index >= 15 is 0 Å². The van der Waals surface area contributed by atoms with Crippen LogP contribution in [0.1, 0.15) is 61.9 Å². The molecule has 1 nitrogen and oxygen atoms in total. The summed E-state index contributed by atoms with van der Waals surface area (Å²) in [4.78, 5) is 1.52. The highest BCUT2D eigenvalue weighted by Crippen LogP contribution is 2.39. The fourth-order valence-corrected chi connectivity index (χ4v) is 4.99. The second-order valence-corrected chi connectivity index (χ2v) is 7.64. The molecule has 1 aromatic heterocycles. The minimum atomic E-state index is 0.549. The van der Waals surface area contributed by atoms with E-state index in [1.807, 2.05) is 0 Å². The number of hydrogen-bond acceptors (Lipinski definition) is 2. The summed E-state index contributed by atoms with van der Waals surface area (Å²) in [5, 5.41) is 3.88. The van der Waals surface area contributed by atoms with Gasteiger partial charge >= 0.3 is 0 Å². The molecule has 18 heavy (non-hydrogen) atoms. The van der Waals surface area contributed by atoms with E-state index in [0.717, 1.165) is 10.3 Å². The van der Waals surface area contributed by atoms with E-state index in [1.165, 1.54) is 55.4 Å². The molecule has 0 aromatic carbocycles. The number of fused-ring (bicyclic) bond motifs is 1. The van der Waals surface area contributed by atoms with E-state index in [1.54, 1.807) is 11.3 Å². The molecule has 2 aliphatic carbocycles. The topological polar surface area (TPSA) is 12.0 Å². The Labute approximate surface area is 119 Å². The predicted octanol–water partition coefficient (Wildman–Crippen LogP) is 4.95. The van der Waals surface area contributed by atoms with Crippen LogP contribution >= 0.6 is 22.9 Å². The first-order chi connectivity index (χ1) is 8.74. The standard InChI is InChI=1S/C15H22ClNS/c1-10(11-5-2-3-6-11)17-13-7-4-8-14-12(13)9-15(16)18-14/h9-11,13,17H,2-8H2,1H3/t10-,13?/m1/s1. The van der Waals surface area contributed by atoms with Crippen molar-refractivity contribution in [2.75, 3.05) is 0 Å². The van der Waals surface area contributed by atoms with Gasteiger partial charge in [-0.3, -0.25) is 0 Å². The summed E-state index contributed by atoms with van der Waals surface area (Å²) in [7, 11) is 0. The molecule has 0 amide bonds. The molecule has 0 saturated heterocycles. The monoisotopic (exact) mass is 283 g/mol. The molecule has 1 heterocycles. The van der Waals surface area contributed by atoms with Gasteiger partial charge in [-0.05, 0) is 56.6 Å². The Morgan fingerprint density at radius 1 is 1.28 bits per heavy atom. The maximum Gasteiger partial charge on any atom is 0.0934 e. The van der Waals surface area contributed by atoms with E-state index in [-0.39, 0.29) is 0 Å². The third-order valence-corrected chi connectivity index (χ3v) is 5.99. The second kappa shape index (κ2) is 5.52. The molecule has 1 fully saturated rings. The lowest BCUT2D eigenvalue weighted by Crippen LogP contribution is -2.36. The first kappa shape index (κ1) is 13.0. The Bertz CT molecular complexity index is 409. The zero-order chi connectivity index (χ0) is 12.5. The van der Waals surface area contributed by atoms with E-state index in [0.29, 0.717) is 12.1 Å². The number of hydrogen-bond donors (Lipinski definition) is 1. The number of thiophene rings is 1. The van der Waals surface area contributed by atoms with Gasteiger partial charge in [-0.2, -0.15) is 0 Å². The highest BCUT2D eigenvalue weighted by Gasteiger charge is 2.27.